The molecule has 76 heavy (non-hydrogen) atoms. The third-order valence-electron chi connectivity index (χ3n) is 14.1. The van der Waals surface area contributed by atoms with E-state index < -0.39 is 165 Å². The fourth-order valence-corrected chi connectivity index (χ4v) is 10.7. The van der Waals surface area contributed by atoms with Gasteiger partial charge in [0.1, 0.15) is 54.2 Å². The van der Waals surface area contributed by atoms with Crippen LogP contribution in [0.5, 0.6) is 11.5 Å². The van der Waals surface area contributed by atoms with Crippen LogP contribution in [0.4, 0.5) is 0 Å². The predicted molar refractivity (Wildman–Crippen MR) is 259 cm³/mol. The molecule has 6 aliphatic heterocycles. The molecule has 0 N–H and O–H groups in total. The van der Waals surface area contributed by atoms with Gasteiger partial charge in [0.25, 0.3) is 0 Å². The highest BCUT2D eigenvalue weighted by molar-refractivity contribution is 5.67. The van der Waals surface area contributed by atoms with Crippen molar-refractivity contribution in [3.63, 3.8) is 0 Å². The molecular weight excluding hydrogens is 1000 g/mol. The number of hydrogen-bond acceptors (Lipinski definition) is 23. The number of esters is 5. The fourth-order valence-electron chi connectivity index (χ4n) is 10.7. The number of carbonyl (C=O) groups excluding carboxylic acids is 5. The first kappa shape index (κ1) is 59.4. The van der Waals surface area contributed by atoms with E-state index in [2.05, 4.69) is 0 Å². The Balaban J connectivity index is 0.941. The van der Waals surface area contributed by atoms with Crippen molar-refractivity contribution in [3.8, 4) is 11.5 Å². The van der Waals surface area contributed by atoms with E-state index in [-0.39, 0.29) is 25.7 Å². The monoisotopic (exact) mass is 1080 g/mol. The van der Waals surface area contributed by atoms with Crippen molar-refractivity contribution in [3.05, 3.63) is 24.3 Å². The second-order valence-corrected chi connectivity index (χ2v) is 20.3. The van der Waals surface area contributed by atoms with Crippen LogP contribution in [0.2, 0.25) is 0 Å². The molecule has 23 heteroatoms. The molecule has 6 heterocycles. The summed E-state index contributed by atoms with van der Waals surface area (Å²) >= 11 is 0. The largest absolute Gasteiger partial charge is 0.497 e. The second kappa shape index (κ2) is 27.1. The average Bonchev–Trinajstić information content (AvgIpc) is 3.33. The Morgan fingerprint density at radius 2 is 0.684 bits per heavy atom. The number of methoxy groups -OCH3 is 1. The van der Waals surface area contributed by atoms with Crippen LogP contribution in [0.25, 0.3) is 0 Å². The zero-order valence-corrected chi connectivity index (χ0v) is 45.6. The minimum absolute atomic E-state index is 0.123. The topological polar surface area (TPSA) is 251 Å². The molecule has 7 rings (SSSR count). The van der Waals surface area contributed by atoms with Crippen molar-refractivity contribution in [1.29, 1.82) is 0 Å². The van der Waals surface area contributed by atoms with Crippen molar-refractivity contribution in [2.45, 2.75) is 263 Å². The van der Waals surface area contributed by atoms with Crippen LogP contribution in [0.3, 0.4) is 0 Å². The molecule has 0 spiro atoms. The molecule has 22 atom stereocenters. The summed E-state index contributed by atoms with van der Waals surface area (Å²) in [4.78, 5) is 61.1. The summed E-state index contributed by atoms with van der Waals surface area (Å²) in [7, 11) is 1.57. The Bertz CT molecular complexity index is 2070. The Labute approximate surface area is 443 Å². The van der Waals surface area contributed by atoms with Crippen LogP contribution in [-0.4, -0.2) is 172 Å². The molecule has 6 aliphatic rings. The van der Waals surface area contributed by atoms with Crippen LogP contribution in [0.1, 0.15) is 128 Å². The molecule has 0 unspecified atom stereocenters. The van der Waals surface area contributed by atoms with Crippen LogP contribution in [-0.2, 0) is 99.8 Å². The van der Waals surface area contributed by atoms with Gasteiger partial charge >= 0.3 is 29.8 Å². The van der Waals surface area contributed by atoms with E-state index in [9.17, 15) is 24.0 Å². The minimum Gasteiger partial charge on any atom is -0.497 e. The van der Waals surface area contributed by atoms with Crippen molar-refractivity contribution in [1.82, 2.24) is 0 Å². The van der Waals surface area contributed by atoms with Gasteiger partial charge in [-0.1, -0.05) is 0 Å². The first-order valence-electron chi connectivity index (χ1n) is 26.5. The van der Waals surface area contributed by atoms with Crippen molar-refractivity contribution in [2.75, 3.05) is 7.11 Å². The molecule has 1 aromatic carbocycles. The van der Waals surface area contributed by atoms with Gasteiger partial charge in [0.2, 0.25) is 6.29 Å². The van der Waals surface area contributed by atoms with E-state index in [1.54, 1.807) is 66.0 Å². The highest BCUT2D eigenvalue weighted by Crippen LogP contribution is 2.38. The number of ether oxygens (including phenoxy) is 18. The van der Waals surface area contributed by atoms with Crippen molar-refractivity contribution >= 4 is 29.8 Å². The Morgan fingerprint density at radius 1 is 0.355 bits per heavy atom. The van der Waals surface area contributed by atoms with Crippen molar-refractivity contribution in [2.24, 2.45) is 0 Å². The van der Waals surface area contributed by atoms with Gasteiger partial charge in [-0.05, 0) is 78.6 Å². The quantitative estimate of drug-likeness (QED) is 0.134. The maximum absolute atomic E-state index is 12.5. The standard InChI is InChI=1S/C53H78O23/c1-25-38(66-31(7)54)17-19-44(60-25)73-42-23-49(65-27(3)50(42)69-34(10)57)76-53-30(6)63-47(22-41(53)68-33(9)56)72-39-18-20-45(61-26(39)2)74-43-24-48(64-28(4)51(43)70-35(11)58)75-52-29(5)62-46(21-40(52)67-32(8)55)71-37-15-13-36(59-12)14-16-37/h13-16,25-30,38-53H,17-24H2,1-12H3/t25-,26-,27+,28+,29+,30+,38-,39-,40+,41+,42+,43+,44-,45-,46-,47+,48-,49-,50+,51+,52+,53+/m0/s1. The lowest BCUT2D eigenvalue weighted by Gasteiger charge is -2.46. The van der Waals surface area contributed by atoms with Gasteiger partial charge in [-0.2, -0.15) is 0 Å². The molecule has 6 fully saturated rings. The molecule has 6 saturated heterocycles. The summed E-state index contributed by atoms with van der Waals surface area (Å²) in [6.45, 7) is 17.4. The van der Waals surface area contributed by atoms with Gasteiger partial charge in [0.15, 0.2) is 43.7 Å². The zero-order chi connectivity index (χ0) is 55.0. The summed E-state index contributed by atoms with van der Waals surface area (Å²) in [5.74, 6) is -1.24. The van der Waals surface area contributed by atoms with Gasteiger partial charge in [-0.25, -0.2) is 0 Å². The SMILES string of the molecule is COc1ccc(O[C@H]2C[C@@H](OC(C)=O)[C@H](O[C@H]3C[C@@H](O[C@H]4CC[C@H](O[C@@H]5C[C@@H](OC(C)=O)[C@H](O[C@H]6C[C@@H](O[C@H]7CC[C@H](OC(C)=O)[C@H](C)O7)[C@H](OC(C)=O)[C@@H](C)O6)[C@@H](C)O5)[C@H](C)O4)[C@H](OC(C)=O)[C@@H](C)O3)[C@@H](C)O2)cc1. The zero-order valence-electron chi connectivity index (χ0n) is 45.6. The predicted octanol–water partition coefficient (Wildman–Crippen LogP) is 5.25. The smallest absolute Gasteiger partial charge is 0.303 e. The highest BCUT2D eigenvalue weighted by atomic mass is 16.8. The second-order valence-electron chi connectivity index (χ2n) is 20.3. The molecule has 0 aliphatic carbocycles. The van der Waals surface area contributed by atoms with Gasteiger partial charge in [-0.15, -0.1) is 0 Å². The molecular formula is C53H78O23. The lowest BCUT2D eigenvalue weighted by atomic mass is 9.99. The highest BCUT2D eigenvalue weighted by Gasteiger charge is 2.50. The lowest BCUT2D eigenvalue weighted by molar-refractivity contribution is -0.341. The van der Waals surface area contributed by atoms with E-state index >= 15 is 0 Å². The Hall–Kier alpha value is -4.27. The van der Waals surface area contributed by atoms with E-state index in [1.807, 2.05) is 6.92 Å². The van der Waals surface area contributed by atoms with E-state index in [1.165, 1.54) is 34.6 Å². The summed E-state index contributed by atoms with van der Waals surface area (Å²) in [5, 5.41) is 0. The molecule has 0 bridgehead atoms. The summed E-state index contributed by atoms with van der Waals surface area (Å²) in [6.07, 6.45) is -12.9. The van der Waals surface area contributed by atoms with Crippen LogP contribution in [0.15, 0.2) is 24.3 Å². The van der Waals surface area contributed by atoms with Gasteiger partial charge in [0.05, 0.1) is 49.8 Å². The first-order valence-corrected chi connectivity index (χ1v) is 26.5. The number of hydrogen-bond donors (Lipinski definition) is 0. The normalized spacial score (nSPS) is 39.9. The summed E-state index contributed by atoms with van der Waals surface area (Å²) in [5.41, 5.74) is 0. The van der Waals surface area contributed by atoms with Crippen LogP contribution in [0, 0.1) is 0 Å². The molecule has 0 radical (unpaired) electrons. The maximum Gasteiger partial charge on any atom is 0.303 e. The van der Waals surface area contributed by atoms with Gasteiger partial charge < -0.3 is 85.3 Å². The van der Waals surface area contributed by atoms with Gasteiger partial charge in [-0.3, -0.25) is 24.0 Å². The molecule has 428 valence electrons. The van der Waals surface area contributed by atoms with Crippen LogP contribution < -0.4 is 9.47 Å². The van der Waals surface area contributed by atoms with E-state index in [0.717, 1.165) is 0 Å². The van der Waals surface area contributed by atoms with E-state index in [0.29, 0.717) is 37.2 Å². The Morgan fingerprint density at radius 3 is 1.11 bits per heavy atom. The minimum atomic E-state index is -0.889. The number of carbonyl (C=O) groups is 5. The third kappa shape index (κ3) is 16.4. The molecule has 0 aromatic heterocycles. The molecule has 23 nitrogen and oxygen atoms in total. The molecule has 0 amide bonds. The summed E-state index contributed by atoms with van der Waals surface area (Å²) < 4.78 is 110. The molecule has 0 saturated carbocycles. The van der Waals surface area contributed by atoms with E-state index in [4.69, 9.17) is 85.3 Å². The Kier molecular flexibility index (Phi) is 21.1. The first-order chi connectivity index (χ1) is 36.1. The molecule has 1 aromatic rings. The van der Waals surface area contributed by atoms with Crippen molar-refractivity contribution < 1.29 is 109 Å². The maximum atomic E-state index is 12.5. The van der Waals surface area contributed by atoms with Gasteiger partial charge in [0, 0.05) is 73.1 Å². The number of benzene rings is 1. The third-order valence-corrected chi connectivity index (χ3v) is 14.1. The number of rotatable bonds is 18. The fraction of sp³-hybridized carbons (Fsp3) is 0.792. The average molecular weight is 1080 g/mol. The summed E-state index contributed by atoms with van der Waals surface area (Å²) in [6, 6.07) is 7.04. The lowest BCUT2D eigenvalue weighted by Crippen LogP contribution is -2.57. The van der Waals surface area contributed by atoms with Crippen LogP contribution >= 0.6 is 0 Å².